The molecule has 9 heteroatoms. The van der Waals surface area contributed by atoms with Crippen LogP contribution in [-0.4, -0.2) is 69.8 Å². The van der Waals surface area contributed by atoms with Crippen molar-refractivity contribution >= 4 is 22.8 Å². The number of rotatable bonds is 0. The van der Waals surface area contributed by atoms with Gasteiger partial charge in [0.2, 0.25) is 5.91 Å². The number of hydrogen-bond donors (Lipinski definition) is 2. The number of ether oxygens (including phenoxy) is 1. The number of pyridine rings is 1. The molecule has 8 nitrogen and oxygen atoms in total. The Balaban J connectivity index is 1.52. The zero-order valence-electron chi connectivity index (χ0n) is 18.6. The number of nitrogens with one attached hydrogen (secondary N) is 2. The molecule has 0 unspecified atom stereocenters. The molecule has 33 heavy (non-hydrogen) atoms. The van der Waals surface area contributed by atoms with Crippen molar-refractivity contribution in [3.05, 3.63) is 42.0 Å². The Morgan fingerprint density at radius 2 is 2.12 bits per heavy atom. The molecule has 1 aromatic carbocycles. The fourth-order valence-corrected chi connectivity index (χ4v) is 5.31. The molecule has 5 heterocycles. The van der Waals surface area contributed by atoms with E-state index in [-0.39, 0.29) is 29.9 Å². The number of hydrogen-bond acceptors (Lipinski definition) is 6. The normalized spacial score (nSPS) is 25.3. The molecule has 0 spiro atoms. The van der Waals surface area contributed by atoms with Crippen LogP contribution in [0.2, 0.25) is 0 Å². The Labute approximate surface area is 191 Å². The molecule has 3 aliphatic rings. The first-order valence-corrected chi connectivity index (χ1v) is 11.6. The monoisotopic (exact) mass is 450 g/mol. The highest BCUT2D eigenvalue weighted by atomic mass is 19.1. The number of carbonyl (C=O) groups is 1. The zero-order valence-corrected chi connectivity index (χ0v) is 18.6. The summed E-state index contributed by atoms with van der Waals surface area (Å²) in [5, 5.41) is 6.84. The van der Waals surface area contributed by atoms with Crippen LogP contribution in [-0.2, 0) is 16.1 Å². The maximum absolute atomic E-state index is 14.6. The van der Waals surface area contributed by atoms with E-state index in [1.54, 1.807) is 0 Å². The molecule has 3 atom stereocenters. The maximum Gasteiger partial charge on any atom is 0.239 e. The summed E-state index contributed by atoms with van der Waals surface area (Å²) in [5.41, 5.74) is 2.81. The quantitative estimate of drug-likeness (QED) is 0.547. The molecule has 2 aromatic heterocycles. The highest BCUT2D eigenvalue weighted by Crippen LogP contribution is 2.31. The van der Waals surface area contributed by atoms with E-state index < -0.39 is 0 Å². The highest BCUT2D eigenvalue weighted by molar-refractivity contribution is 5.92. The van der Waals surface area contributed by atoms with Crippen molar-refractivity contribution in [3.63, 3.8) is 0 Å². The first-order chi connectivity index (χ1) is 16.0. The molecular weight excluding hydrogens is 423 g/mol. The number of aromatic nitrogens is 3. The Hall–Kier alpha value is -3.04. The van der Waals surface area contributed by atoms with E-state index >= 15 is 0 Å². The lowest BCUT2D eigenvalue weighted by molar-refractivity contribution is -0.134. The van der Waals surface area contributed by atoms with Crippen LogP contribution in [0.1, 0.15) is 18.7 Å². The zero-order chi connectivity index (χ0) is 22.5. The molecule has 0 saturated carbocycles. The molecule has 0 aliphatic carbocycles. The molecule has 2 N–H and O–H groups in total. The van der Waals surface area contributed by atoms with Crippen molar-refractivity contribution < 1.29 is 13.9 Å². The number of carbonyl (C=O) groups excluding carboxylic acids is 1. The minimum atomic E-state index is -0.342. The van der Waals surface area contributed by atoms with Crippen molar-refractivity contribution in [1.29, 1.82) is 0 Å². The van der Waals surface area contributed by atoms with Gasteiger partial charge in [-0.3, -0.25) is 4.79 Å². The number of imidazole rings is 1. The lowest BCUT2D eigenvalue weighted by Gasteiger charge is -2.27. The van der Waals surface area contributed by atoms with E-state index in [9.17, 15) is 9.18 Å². The van der Waals surface area contributed by atoms with Gasteiger partial charge in [-0.2, -0.15) is 0 Å². The van der Waals surface area contributed by atoms with Gasteiger partial charge in [-0.05, 0) is 38.0 Å². The van der Waals surface area contributed by atoms with Crippen molar-refractivity contribution in [2.75, 3.05) is 31.6 Å². The number of nitrogens with zero attached hydrogens (tertiary/aromatic N) is 4. The van der Waals surface area contributed by atoms with Gasteiger partial charge in [-0.15, -0.1) is 0 Å². The van der Waals surface area contributed by atoms with Gasteiger partial charge in [0.25, 0.3) is 0 Å². The number of anilines is 1. The summed E-state index contributed by atoms with van der Waals surface area (Å²) in [7, 11) is 0. The number of benzene rings is 1. The number of fused-ring (bicyclic) bond motifs is 7. The van der Waals surface area contributed by atoms with Crippen molar-refractivity contribution in [3.8, 4) is 11.3 Å². The van der Waals surface area contributed by atoms with Gasteiger partial charge >= 0.3 is 0 Å². The van der Waals surface area contributed by atoms with Crippen molar-refractivity contribution in [2.24, 2.45) is 0 Å². The van der Waals surface area contributed by atoms with E-state index in [0.717, 1.165) is 17.8 Å². The molecule has 1 amide bonds. The molecule has 2 saturated heterocycles. The molecule has 172 valence electrons. The molecule has 2 fully saturated rings. The second kappa shape index (κ2) is 8.07. The summed E-state index contributed by atoms with van der Waals surface area (Å²) < 4.78 is 22.8. The van der Waals surface area contributed by atoms with Gasteiger partial charge in [0.05, 0.1) is 35.4 Å². The minimum Gasteiger partial charge on any atom is -0.374 e. The van der Waals surface area contributed by atoms with Crippen LogP contribution in [0.3, 0.4) is 0 Å². The summed E-state index contributed by atoms with van der Waals surface area (Å²) in [6.07, 6.45) is 1.33. The Kier molecular flexibility index (Phi) is 5.03. The average molecular weight is 451 g/mol. The SMILES string of the molecule is Cc1nc2cc(F)cc3c2n1C[C@@H]1CN(CCCO1)C(=O)[C@@H]1C[C@@H](CN1)Nc1cccc-3n1. The summed E-state index contributed by atoms with van der Waals surface area (Å²) in [6, 6.07) is 8.59. The van der Waals surface area contributed by atoms with E-state index in [1.807, 2.05) is 30.0 Å². The minimum absolute atomic E-state index is 0.0890. The number of halogens is 1. The predicted octanol–water partition coefficient (Wildman–Crippen LogP) is 2.32. The van der Waals surface area contributed by atoms with E-state index in [2.05, 4.69) is 20.2 Å². The second-order valence-electron chi connectivity index (χ2n) is 9.17. The molecular formula is C24H27FN6O2. The van der Waals surface area contributed by atoms with Crippen molar-refractivity contribution in [2.45, 2.75) is 44.5 Å². The molecule has 0 radical (unpaired) electrons. The highest BCUT2D eigenvalue weighted by Gasteiger charge is 2.34. The van der Waals surface area contributed by atoms with Gasteiger partial charge in [-0.25, -0.2) is 14.4 Å². The molecule has 3 aromatic rings. The molecule has 6 bridgehead atoms. The lowest BCUT2D eigenvalue weighted by Crippen LogP contribution is -2.46. The van der Waals surface area contributed by atoms with Gasteiger partial charge in [-0.1, -0.05) is 6.07 Å². The van der Waals surface area contributed by atoms with Crippen LogP contribution in [0.25, 0.3) is 22.3 Å². The second-order valence-corrected chi connectivity index (χ2v) is 9.17. The first kappa shape index (κ1) is 20.6. The predicted molar refractivity (Wildman–Crippen MR) is 122 cm³/mol. The fraction of sp³-hybridized carbons (Fsp3) is 0.458. The average Bonchev–Trinajstić information content (AvgIpc) is 3.29. The summed E-state index contributed by atoms with van der Waals surface area (Å²) in [4.78, 5) is 24.7. The topological polar surface area (TPSA) is 84.3 Å². The standard InChI is InChI=1S/C24H27FN6O2/c1-14-27-20-9-15(25)8-18-19-4-2-5-22(29-19)28-16-10-21(26-11-16)24(32)30-6-3-7-33-17(12-30)13-31(14)23(18)20/h2,4-5,8-9,16-17,21,26H,3,6-7,10-13H2,1H3,(H,28,29)/t16-,17-,21-/m0/s1. The van der Waals surface area contributed by atoms with Gasteiger partial charge in [0.15, 0.2) is 0 Å². The first-order valence-electron chi connectivity index (χ1n) is 11.6. The van der Waals surface area contributed by atoms with Gasteiger partial charge < -0.3 is 24.8 Å². The maximum atomic E-state index is 14.6. The van der Waals surface area contributed by atoms with Crippen LogP contribution in [0, 0.1) is 12.7 Å². The third-order valence-corrected chi connectivity index (χ3v) is 6.85. The van der Waals surface area contributed by atoms with Crippen LogP contribution in [0.4, 0.5) is 10.2 Å². The van der Waals surface area contributed by atoms with Crippen LogP contribution < -0.4 is 10.6 Å². The van der Waals surface area contributed by atoms with E-state index in [1.165, 1.54) is 12.1 Å². The summed E-state index contributed by atoms with van der Waals surface area (Å²) in [5.74, 6) is 1.27. The van der Waals surface area contributed by atoms with E-state index in [4.69, 9.17) is 9.72 Å². The van der Waals surface area contributed by atoms with Gasteiger partial charge in [0.1, 0.15) is 17.5 Å². The Morgan fingerprint density at radius 3 is 3.03 bits per heavy atom. The summed E-state index contributed by atoms with van der Waals surface area (Å²) >= 11 is 0. The van der Waals surface area contributed by atoms with Crippen molar-refractivity contribution in [1.82, 2.24) is 24.8 Å². The molecule has 6 rings (SSSR count). The van der Waals surface area contributed by atoms with Crippen LogP contribution in [0.15, 0.2) is 30.3 Å². The Bertz CT molecular complexity index is 1230. The third-order valence-electron chi connectivity index (χ3n) is 6.85. The Morgan fingerprint density at radius 1 is 1.21 bits per heavy atom. The lowest BCUT2D eigenvalue weighted by atomic mass is 10.1. The largest absolute Gasteiger partial charge is 0.374 e. The molecule has 3 aliphatic heterocycles. The number of amides is 1. The van der Waals surface area contributed by atoms with Crippen LogP contribution in [0.5, 0.6) is 0 Å². The fourth-order valence-electron chi connectivity index (χ4n) is 5.31. The smallest absolute Gasteiger partial charge is 0.239 e. The number of aryl methyl sites for hydroxylation is 1. The third kappa shape index (κ3) is 3.75. The van der Waals surface area contributed by atoms with E-state index in [0.29, 0.717) is 61.8 Å². The van der Waals surface area contributed by atoms with Crippen LogP contribution >= 0.6 is 0 Å². The van der Waals surface area contributed by atoms with Gasteiger partial charge in [0, 0.05) is 43.9 Å². The summed E-state index contributed by atoms with van der Waals surface area (Å²) in [6.45, 7) is 4.96.